The molecule has 0 bridgehead atoms. The molecule has 2 rings (SSSR count). The van der Waals surface area contributed by atoms with E-state index in [9.17, 15) is 5.11 Å². The summed E-state index contributed by atoms with van der Waals surface area (Å²) in [6.45, 7) is 12.5. The number of hydrogen-bond donors (Lipinski definition) is 1. The van der Waals surface area contributed by atoms with Gasteiger partial charge in [0.15, 0.2) is 9.04 Å². The molecule has 21 heavy (non-hydrogen) atoms. The first-order chi connectivity index (χ1) is 9.81. The van der Waals surface area contributed by atoms with Crippen LogP contribution in [-0.4, -0.2) is 25.8 Å². The monoisotopic (exact) mass is 307 g/mol. The molecule has 1 aromatic rings. The van der Waals surface area contributed by atoms with E-state index in [1.807, 2.05) is 12.1 Å². The number of rotatable bonds is 4. The average Bonchev–Trinajstić information content (AvgIpc) is 2.82. The van der Waals surface area contributed by atoms with Crippen molar-refractivity contribution in [2.75, 3.05) is 6.54 Å². The molecular formula is C17H29NO2Si. The fourth-order valence-corrected chi connectivity index (χ4v) is 4.34. The van der Waals surface area contributed by atoms with Crippen LogP contribution in [0.25, 0.3) is 0 Å². The fraction of sp³-hybridized carbons (Fsp3) is 0.647. The maximum Gasteiger partial charge on any atom is 0.199 e. The topological polar surface area (TPSA) is 32.7 Å². The average molecular weight is 308 g/mol. The third-order valence-electron chi connectivity index (χ3n) is 4.52. The minimum atomic E-state index is -1.13. The van der Waals surface area contributed by atoms with Crippen molar-refractivity contribution in [2.45, 2.75) is 58.9 Å². The Morgan fingerprint density at radius 3 is 2.33 bits per heavy atom. The van der Waals surface area contributed by atoms with Crippen LogP contribution in [0, 0.1) is 5.41 Å². The van der Waals surface area contributed by atoms with E-state index in [0.29, 0.717) is 0 Å². The second-order valence-corrected chi connectivity index (χ2v) is 9.63. The third kappa shape index (κ3) is 3.09. The van der Waals surface area contributed by atoms with Crippen LogP contribution < -0.4 is 0 Å². The van der Waals surface area contributed by atoms with Gasteiger partial charge in [-0.1, -0.05) is 45.0 Å². The van der Waals surface area contributed by atoms with Crippen LogP contribution in [0.2, 0.25) is 13.1 Å². The number of hydroxylamine groups is 2. The predicted octanol–water partition coefficient (Wildman–Crippen LogP) is 3.43. The summed E-state index contributed by atoms with van der Waals surface area (Å²) < 4.78 is 6.29. The Hall–Kier alpha value is -0.683. The number of aliphatic hydroxyl groups is 1. The van der Waals surface area contributed by atoms with Crippen LogP contribution in [-0.2, 0) is 16.7 Å². The number of aliphatic hydroxyl groups excluding tert-OH is 1. The molecule has 118 valence electrons. The van der Waals surface area contributed by atoms with Gasteiger partial charge in [-0.2, -0.15) is 5.06 Å². The maximum atomic E-state index is 9.26. The first-order valence-electron chi connectivity index (χ1n) is 7.96. The van der Waals surface area contributed by atoms with Crippen molar-refractivity contribution in [1.29, 1.82) is 0 Å². The van der Waals surface area contributed by atoms with Crippen molar-refractivity contribution in [1.82, 2.24) is 5.06 Å². The number of benzene rings is 1. The number of nitrogens with zero attached hydrogens (tertiary/aromatic N) is 1. The summed E-state index contributed by atoms with van der Waals surface area (Å²) in [5, 5.41) is 11.5. The van der Waals surface area contributed by atoms with Gasteiger partial charge in [0, 0.05) is 6.54 Å². The molecule has 1 unspecified atom stereocenters. The molecule has 1 heterocycles. The van der Waals surface area contributed by atoms with E-state index in [2.05, 4.69) is 51.1 Å². The summed E-state index contributed by atoms with van der Waals surface area (Å²) in [6.07, 6.45) is 2.29. The fourth-order valence-electron chi connectivity index (χ4n) is 3.55. The molecule has 1 N–H and O–H groups in total. The molecule has 1 fully saturated rings. The maximum absolute atomic E-state index is 9.26. The zero-order chi connectivity index (χ0) is 15.7. The molecule has 0 aliphatic carbocycles. The van der Waals surface area contributed by atoms with E-state index in [-0.39, 0.29) is 17.6 Å². The van der Waals surface area contributed by atoms with E-state index in [4.69, 9.17) is 4.53 Å². The van der Waals surface area contributed by atoms with Crippen LogP contribution in [0.15, 0.2) is 24.3 Å². The first-order valence-corrected chi connectivity index (χ1v) is 10.7. The summed E-state index contributed by atoms with van der Waals surface area (Å²) in [4.78, 5) is 0. The highest BCUT2D eigenvalue weighted by atomic mass is 28.3. The lowest BCUT2D eigenvalue weighted by Gasteiger charge is -2.48. The van der Waals surface area contributed by atoms with Crippen LogP contribution in [0.1, 0.15) is 44.7 Å². The highest BCUT2D eigenvalue weighted by molar-refractivity contribution is 6.48. The van der Waals surface area contributed by atoms with E-state index in [1.54, 1.807) is 0 Å². The normalized spacial score (nSPS) is 24.0. The Morgan fingerprint density at radius 2 is 1.86 bits per heavy atom. The van der Waals surface area contributed by atoms with Gasteiger partial charge in [0.2, 0.25) is 0 Å². The molecular weight excluding hydrogens is 278 g/mol. The SMILES string of the molecule is C[SiH](C)ON1CCCC1(c1ccc(CO)cc1)C(C)(C)C. The van der Waals surface area contributed by atoms with Crippen LogP contribution in [0.5, 0.6) is 0 Å². The van der Waals surface area contributed by atoms with Gasteiger partial charge in [0.05, 0.1) is 12.1 Å². The lowest BCUT2D eigenvalue weighted by atomic mass is 9.68. The Kier molecular flexibility index (Phi) is 4.93. The second-order valence-electron chi connectivity index (χ2n) is 7.33. The van der Waals surface area contributed by atoms with Gasteiger partial charge in [-0.15, -0.1) is 0 Å². The Labute approximate surface area is 130 Å². The van der Waals surface area contributed by atoms with Crippen molar-refractivity contribution in [3.63, 3.8) is 0 Å². The molecule has 0 radical (unpaired) electrons. The summed E-state index contributed by atoms with van der Waals surface area (Å²) in [5.41, 5.74) is 2.29. The van der Waals surface area contributed by atoms with Gasteiger partial charge in [-0.3, -0.25) is 0 Å². The second kappa shape index (κ2) is 6.21. The lowest BCUT2D eigenvalue weighted by Crippen LogP contribution is -2.51. The molecule has 0 amide bonds. The van der Waals surface area contributed by atoms with Crippen molar-refractivity contribution in [3.05, 3.63) is 35.4 Å². The molecule has 0 aromatic heterocycles. The third-order valence-corrected chi connectivity index (χ3v) is 5.19. The van der Waals surface area contributed by atoms with Gasteiger partial charge < -0.3 is 9.63 Å². The van der Waals surface area contributed by atoms with Gasteiger partial charge in [0.25, 0.3) is 0 Å². The zero-order valence-electron chi connectivity index (χ0n) is 14.0. The van der Waals surface area contributed by atoms with E-state index in [0.717, 1.165) is 18.5 Å². The van der Waals surface area contributed by atoms with Crippen LogP contribution >= 0.6 is 0 Å². The van der Waals surface area contributed by atoms with Crippen molar-refractivity contribution < 1.29 is 9.63 Å². The van der Waals surface area contributed by atoms with E-state index in [1.165, 1.54) is 12.0 Å². The molecule has 1 atom stereocenters. The lowest BCUT2D eigenvalue weighted by molar-refractivity contribution is -0.167. The predicted molar refractivity (Wildman–Crippen MR) is 89.4 cm³/mol. The Morgan fingerprint density at radius 1 is 1.24 bits per heavy atom. The highest BCUT2D eigenvalue weighted by Crippen LogP contribution is 2.51. The standard InChI is InChI=1S/C17H29NO2Si/c1-16(2,3)17(11-6-12-18(17)20-21(4)5)15-9-7-14(13-19)8-10-15/h7-10,19,21H,6,11-13H2,1-5H3. The minimum Gasteiger partial charge on any atom is -0.392 e. The molecule has 1 aliphatic heterocycles. The molecule has 1 aromatic carbocycles. The molecule has 3 nitrogen and oxygen atoms in total. The summed E-state index contributed by atoms with van der Waals surface area (Å²) in [6, 6.07) is 8.40. The van der Waals surface area contributed by atoms with E-state index >= 15 is 0 Å². The van der Waals surface area contributed by atoms with Crippen molar-refractivity contribution in [3.8, 4) is 0 Å². The first kappa shape index (κ1) is 16.7. The highest BCUT2D eigenvalue weighted by Gasteiger charge is 2.51. The van der Waals surface area contributed by atoms with Crippen molar-refractivity contribution >= 4 is 9.04 Å². The Balaban J connectivity index is 2.46. The smallest absolute Gasteiger partial charge is 0.199 e. The minimum absolute atomic E-state index is 0.0712. The molecule has 0 spiro atoms. The van der Waals surface area contributed by atoms with Crippen LogP contribution in [0.3, 0.4) is 0 Å². The van der Waals surface area contributed by atoms with Gasteiger partial charge in [-0.05, 0) is 42.5 Å². The van der Waals surface area contributed by atoms with Crippen LogP contribution in [0.4, 0.5) is 0 Å². The van der Waals surface area contributed by atoms with E-state index < -0.39 is 9.04 Å². The molecule has 1 saturated heterocycles. The summed E-state index contributed by atoms with van der Waals surface area (Å²) in [7, 11) is -1.13. The molecule has 1 aliphatic rings. The van der Waals surface area contributed by atoms with Crippen molar-refractivity contribution in [2.24, 2.45) is 5.41 Å². The number of hydrogen-bond acceptors (Lipinski definition) is 3. The largest absolute Gasteiger partial charge is 0.392 e. The van der Waals surface area contributed by atoms with Gasteiger partial charge in [-0.25, -0.2) is 0 Å². The summed E-state index contributed by atoms with van der Waals surface area (Å²) in [5.74, 6) is 0. The quantitative estimate of drug-likeness (QED) is 0.865. The summed E-state index contributed by atoms with van der Waals surface area (Å²) >= 11 is 0. The zero-order valence-corrected chi connectivity index (χ0v) is 15.2. The van der Waals surface area contributed by atoms with Gasteiger partial charge in [0.1, 0.15) is 0 Å². The van der Waals surface area contributed by atoms with Gasteiger partial charge >= 0.3 is 0 Å². The molecule has 4 heteroatoms. The molecule has 0 saturated carbocycles. The Bertz CT molecular complexity index is 467.